The standard InChI is InChI=1S/C12H15NO/c14-11-7-9-3-1-2-4-10(9)13-12(11)8-5-6-8/h1-4,8,11-14H,5-7H2/t11-,12-/m0/s1. The van der Waals surface area contributed by atoms with Gasteiger partial charge < -0.3 is 10.4 Å². The molecule has 1 aromatic carbocycles. The zero-order valence-electron chi connectivity index (χ0n) is 8.11. The summed E-state index contributed by atoms with van der Waals surface area (Å²) >= 11 is 0. The van der Waals surface area contributed by atoms with E-state index in [9.17, 15) is 5.11 Å². The molecule has 0 aromatic heterocycles. The van der Waals surface area contributed by atoms with E-state index in [1.807, 2.05) is 12.1 Å². The van der Waals surface area contributed by atoms with Gasteiger partial charge in [0, 0.05) is 12.1 Å². The Bertz CT molecular complexity index is 346. The highest BCUT2D eigenvalue weighted by Crippen LogP contribution is 2.39. The van der Waals surface area contributed by atoms with Crippen molar-refractivity contribution in [3.63, 3.8) is 0 Å². The number of aliphatic hydroxyl groups is 1. The van der Waals surface area contributed by atoms with Gasteiger partial charge in [-0.25, -0.2) is 0 Å². The summed E-state index contributed by atoms with van der Waals surface area (Å²) in [4.78, 5) is 0. The van der Waals surface area contributed by atoms with Gasteiger partial charge in [0.25, 0.3) is 0 Å². The third kappa shape index (κ3) is 1.30. The van der Waals surface area contributed by atoms with E-state index in [1.165, 1.54) is 24.1 Å². The summed E-state index contributed by atoms with van der Waals surface area (Å²) in [5, 5.41) is 13.4. The van der Waals surface area contributed by atoms with E-state index in [1.54, 1.807) is 0 Å². The van der Waals surface area contributed by atoms with Gasteiger partial charge in [-0.3, -0.25) is 0 Å². The zero-order chi connectivity index (χ0) is 9.54. The molecule has 0 amide bonds. The average Bonchev–Trinajstić information content (AvgIpc) is 3.00. The smallest absolute Gasteiger partial charge is 0.0784 e. The lowest BCUT2D eigenvalue weighted by Gasteiger charge is -2.31. The number of nitrogens with one attached hydrogen (secondary N) is 1. The van der Waals surface area contributed by atoms with Crippen LogP contribution < -0.4 is 5.32 Å². The summed E-state index contributed by atoms with van der Waals surface area (Å²) in [7, 11) is 0. The lowest BCUT2D eigenvalue weighted by atomic mass is 9.93. The first-order valence-electron chi connectivity index (χ1n) is 5.37. The lowest BCUT2D eigenvalue weighted by Crippen LogP contribution is -2.40. The van der Waals surface area contributed by atoms with Crippen LogP contribution in [0.5, 0.6) is 0 Å². The summed E-state index contributed by atoms with van der Waals surface area (Å²) in [5.74, 6) is 0.707. The second-order valence-corrected chi connectivity index (χ2v) is 4.44. The summed E-state index contributed by atoms with van der Waals surface area (Å²) in [6, 6.07) is 8.58. The van der Waals surface area contributed by atoms with E-state index in [0.29, 0.717) is 12.0 Å². The number of hydrogen-bond acceptors (Lipinski definition) is 2. The van der Waals surface area contributed by atoms with Gasteiger partial charge in [-0.1, -0.05) is 18.2 Å². The number of fused-ring (bicyclic) bond motifs is 1. The van der Waals surface area contributed by atoms with E-state index in [4.69, 9.17) is 0 Å². The molecule has 0 spiro atoms. The van der Waals surface area contributed by atoms with Crippen LogP contribution in [0.3, 0.4) is 0 Å². The van der Waals surface area contributed by atoms with Crippen molar-refractivity contribution in [2.45, 2.75) is 31.4 Å². The van der Waals surface area contributed by atoms with Crippen molar-refractivity contribution >= 4 is 5.69 Å². The first-order valence-corrected chi connectivity index (χ1v) is 5.37. The highest BCUT2D eigenvalue weighted by atomic mass is 16.3. The van der Waals surface area contributed by atoms with Gasteiger partial charge >= 0.3 is 0 Å². The maximum atomic E-state index is 9.96. The molecule has 1 aliphatic heterocycles. The minimum Gasteiger partial charge on any atom is -0.391 e. The van der Waals surface area contributed by atoms with Gasteiger partial charge in [-0.15, -0.1) is 0 Å². The van der Waals surface area contributed by atoms with Crippen molar-refractivity contribution in [3.05, 3.63) is 29.8 Å². The minimum absolute atomic E-state index is 0.197. The van der Waals surface area contributed by atoms with Crippen LogP contribution in [0.4, 0.5) is 5.69 Å². The Morgan fingerprint density at radius 1 is 1.21 bits per heavy atom. The SMILES string of the molecule is O[C@H]1Cc2ccccc2N[C@H]1C1CC1. The molecule has 2 aliphatic rings. The molecule has 3 rings (SSSR count). The second-order valence-electron chi connectivity index (χ2n) is 4.44. The van der Waals surface area contributed by atoms with Crippen molar-refractivity contribution in [3.8, 4) is 0 Å². The number of hydrogen-bond donors (Lipinski definition) is 2. The molecule has 2 N–H and O–H groups in total. The minimum atomic E-state index is -0.197. The van der Waals surface area contributed by atoms with E-state index in [-0.39, 0.29) is 6.10 Å². The van der Waals surface area contributed by atoms with Crippen molar-refractivity contribution in [1.82, 2.24) is 0 Å². The normalized spacial score (nSPS) is 30.6. The van der Waals surface area contributed by atoms with Crippen molar-refractivity contribution < 1.29 is 5.11 Å². The third-order valence-corrected chi connectivity index (χ3v) is 3.31. The molecule has 0 unspecified atom stereocenters. The summed E-state index contributed by atoms with van der Waals surface area (Å²) in [6.45, 7) is 0. The molecule has 1 fully saturated rings. The van der Waals surface area contributed by atoms with Crippen LogP contribution in [-0.2, 0) is 6.42 Å². The molecule has 1 aromatic rings. The van der Waals surface area contributed by atoms with E-state index in [2.05, 4.69) is 17.4 Å². The Labute approximate surface area is 84.0 Å². The Kier molecular flexibility index (Phi) is 1.77. The molecule has 2 heteroatoms. The third-order valence-electron chi connectivity index (χ3n) is 3.31. The topological polar surface area (TPSA) is 32.3 Å². The van der Waals surface area contributed by atoms with Crippen molar-refractivity contribution in [2.75, 3.05) is 5.32 Å². The molecule has 2 atom stereocenters. The Balaban J connectivity index is 1.90. The van der Waals surface area contributed by atoms with Gasteiger partial charge in [0.15, 0.2) is 0 Å². The summed E-state index contributed by atoms with van der Waals surface area (Å²) in [6.07, 6.45) is 3.16. The van der Waals surface area contributed by atoms with Gasteiger partial charge in [-0.05, 0) is 30.4 Å². The Morgan fingerprint density at radius 3 is 2.79 bits per heavy atom. The van der Waals surface area contributed by atoms with Crippen molar-refractivity contribution in [1.29, 1.82) is 0 Å². The highest BCUT2D eigenvalue weighted by Gasteiger charge is 2.38. The van der Waals surface area contributed by atoms with Gasteiger partial charge in [0.2, 0.25) is 0 Å². The van der Waals surface area contributed by atoms with Crippen LogP contribution in [0.1, 0.15) is 18.4 Å². The van der Waals surface area contributed by atoms with Crippen LogP contribution in [0.25, 0.3) is 0 Å². The predicted octanol–water partition coefficient (Wildman–Crippen LogP) is 1.79. The molecular formula is C12H15NO. The van der Waals surface area contributed by atoms with Crippen LogP contribution in [0.2, 0.25) is 0 Å². The fraction of sp³-hybridized carbons (Fsp3) is 0.500. The Morgan fingerprint density at radius 2 is 2.00 bits per heavy atom. The highest BCUT2D eigenvalue weighted by molar-refractivity contribution is 5.54. The maximum absolute atomic E-state index is 9.96. The Hall–Kier alpha value is -1.02. The number of benzene rings is 1. The second kappa shape index (κ2) is 2.99. The number of anilines is 1. The van der Waals surface area contributed by atoms with Crippen LogP contribution in [0, 0.1) is 5.92 Å². The quantitative estimate of drug-likeness (QED) is 0.706. The molecule has 2 nitrogen and oxygen atoms in total. The molecule has 14 heavy (non-hydrogen) atoms. The zero-order valence-corrected chi connectivity index (χ0v) is 8.11. The van der Waals surface area contributed by atoms with Crippen LogP contribution in [0.15, 0.2) is 24.3 Å². The number of rotatable bonds is 1. The molecule has 1 saturated carbocycles. The lowest BCUT2D eigenvalue weighted by molar-refractivity contribution is 0.139. The van der Waals surface area contributed by atoms with E-state index >= 15 is 0 Å². The van der Waals surface area contributed by atoms with Gasteiger partial charge in [0.05, 0.1) is 12.1 Å². The average molecular weight is 189 g/mol. The first-order chi connectivity index (χ1) is 6.84. The monoisotopic (exact) mass is 189 g/mol. The molecule has 74 valence electrons. The maximum Gasteiger partial charge on any atom is 0.0784 e. The molecule has 0 bridgehead atoms. The molecule has 0 radical (unpaired) electrons. The summed E-state index contributed by atoms with van der Waals surface area (Å²) < 4.78 is 0. The predicted molar refractivity (Wildman–Crippen MR) is 56.3 cm³/mol. The molecular weight excluding hydrogens is 174 g/mol. The molecule has 1 aliphatic carbocycles. The van der Waals surface area contributed by atoms with E-state index in [0.717, 1.165) is 6.42 Å². The number of aliphatic hydroxyl groups excluding tert-OH is 1. The van der Waals surface area contributed by atoms with Crippen LogP contribution in [-0.4, -0.2) is 17.3 Å². The van der Waals surface area contributed by atoms with Crippen LogP contribution >= 0.6 is 0 Å². The van der Waals surface area contributed by atoms with Gasteiger partial charge in [0.1, 0.15) is 0 Å². The molecule has 1 heterocycles. The van der Waals surface area contributed by atoms with Gasteiger partial charge in [-0.2, -0.15) is 0 Å². The van der Waals surface area contributed by atoms with E-state index < -0.39 is 0 Å². The first kappa shape index (κ1) is 8.30. The fourth-order valence-electron chi connectivity index (χ4n) is 2.35. The molecule has 0 saturated heterocycles. The van der Waals surface area contributed by atoms with Crippen molar-refractivity contribution in [2.24, 2.45) is 5.92 Å². The summed E-state index contributed by atoms with van der Waals surface area (Å²) in [5.41, 5.74) is 2.46. The fourth-order valence-corrected chi connectivity index (χ4v) is 2.35. The number of para-hydroxylation sites is 1. The largest absolute Gasteiger partial charge is 0.391 e.